The molecule has 0 saturated carbocycles. The Labute approximate surface area is 174 Å². The minimum absolute atomic E-state index is 0.0151. The van der Waals surface area contributed by atoms with Crippen LogP contribution in [-0.2, 0) is 19.1 Å². The van der Waals surface area contributed by atoms with E-state index < -0.39 is 35.5 Å². The molecule has 9 heteroatoms. The first-order valence-corrected chi connectivity index (χ1v) is 10.5. The Balaban J connectivity index is 1.92. The summed E-state index contributed by atoms with van der Waals surface area (Å²) >= 11 is 1.56. The number of amides is 4. The Bertz CT molecular complexity index is 806. The molecule has 0 spiro atoms. The highest BCUT2D eigenvalue weighted by Crippen LogP contribution is 2.28. The highest BCUT2D eigenvalue weighted by atomic mass is 32.2. The van der Waals surface area contributed by atoms with E-state index in [2.05, 4.69) is 10.6 Å². The van der Waals surface area contributed by atoms with Crippen LogP contribution in [0.4, 0.5) is 10.5 Å². The number of nitrogens with one attached hydrogen (secondary N) is 2. The number of rotatable bonds is 5. The van der Waals surface area contributed by atoms with Gasteiger partial charge in [0, 0.05) is 29.1 Å². The number of urea groups is 1. The Morgan fingerprint density at radius 2 is 1.97 bits per heavy atom. The predicted molar refractivity (Wildman–Crippen MR) is 111 cm³/mol. The molecule has 2 N–H and O–H groups in total. The fourth-order valence-electron chi connectivity index (χ4n) is 2.80. The summed E-state index contributed by atoms with van der Waals surface area (Å²) in [4.78, 5) is 51.2. The summed E-state index contributed by atoms with van der Waals surface area (Å²) in [7, 11) is 0. The molecule has 1 fully saturated rings. The number of benzene rings is 1. The Hall–Kier alpha value is -2.55. The van der Waals surface area contributed by atoms with Crippen LogP contribution >= 0.6 is 11.8 Å². The third kappa shape index (κ3) is 6.49. The highest BCUT2D eigenvalue weighted by molar-refractivity contribution is 7.98. The van der Waals surface area contributed by atoms with Crippen molar-refractivity contribution in [1.29, 1.82) is 0 Å². The van der Waals surface area contributed by atoms with Crippen LogP contribution in [0.3, 0.4) is 0 Å². The van der Waals surface area contributed by atoms with Gasteiger partial charge in [0.05, 0.1) is 5.92 Å². The third-order valence-electron chi connectivity index (χ3n) is 4.21. The van der Waals surface area contributed by atoms with Crippen LogP contribution in [0, 0.1) is 5.92 Å². The SMILES string of the molecule is CSc1cccc(N2C[C@H](C(=O)O[C@@H](C)C(=O)NC(=O)NC(C)(C)C)CC2=O)c1. The molecule has 1 saturated heterocycles. The molecule has 0 aromatic heterocycles. The molecule has 0 unspecified atom stereocenters. The number of esters is 1. The van der Waals surface area contributed by atoms with Gasteiger partial charge < -0.3 is 15.0 Å². The lowest BCUT2D eigenvalue weighted by Gasteiger charge is -2.21. The Morgan fingerprint density at radius 1 is 1.28 bits per heavy atom. The van der Waals surface area contributed by atoms with Crippen molar-refractivity contribution in [3.8, 4) is 0 Å². The summed E-state index contributed by atoms with van der Waals surface area (Å²) in [6, 6.07) is 6.84. The predicted octanol–water partition coefficient (Wildman–Crippen LogP) is 2.32. The number of thioether (sulfide) groups is 1. The van der Waals surface area contributed by atoms with Crippen LogP contribution in [0.25, 0.3) is 0 Å². The van der Waals surface area contributed by atoms with Crippen LogP contribution in [-0.4, -0.2) is 48.3 Å². The molecule has 1 aromatic carbocycles. The van der Waals surface area contributed by atoms with Gasteiger partial charge in [0.15, 0.2) is 6.10 Å². The van der Waals surface area contributed by atoms with E-state index in [4.69, 9.17) is 4.74 Å². The van der Waals surface area contributed by atoms with Gasteiger partial charge in [-0.3, -0.25) is 19.7 Å². The van der Waals surface area contributed by atoms with Crippen molar-refractivity contribution in [2.75, 3.05) is 17.7 Å². The van der Waals surface area contributed by atoms with Gasteiger partial charge in [-0.1, -0.05) is 6.07 Å². The van der Waals surface area contributed by atoms with Crippen LogP contribution in [0.5, 0.6) is 0 Å². The van der Waals surface area contributed by atoms with Gasteiger partial charge in [0.1, 0.15) is 0 Å². The minimum atomic E-state index is -1.16. The number of carbonyl (C=O) groups excluding carboxylic acids is 4. The number of anilines is 1. The Kier molecular flexibility index (Phi) is 7.29. The molecule has 1 aliphatic rings. The number of carbonyl (C=O) groups is 4. The molecular formula is C20H27N3O5S. The summed E-state index contributed by atoms with van der Waals surface area (Å²) in [5, 5.41) is 4.73. The van der Waals surface area contributed by atoms with E-state index >= 15 is 0 Å². The maximum Gasteiger partial charge on any atom is 0.321 e. The average molecular weight is 422 g/mol. The smallest absolute Gasteiger partial charge is 0.321 e. The minimum Gasteiger partial charge on any atom is -0.452 e. The van der Waals surface area contributed by atoms with Crippen LogP contribution < -0.4 is 15.5 Å². The molecular weight excluding hydrogens is 394 g/mol. The normalized spacial score (nSPS) is 17.6. The molecule has 2 rings (SSSR count). The number of hydrogen-bond acceptors (Lipinski definition) is 6. The molecule has 1 heterocycles. The molecule has 8 nitrogen and oxygen atoms in total. The van der Waals surface area contributed by atoms with Crippen molar-refractivity contribution in [2.24, 2.45) is 5.92 Å². The first-order valence-electron chi connectivity index (χ1n) is 9.28. The second-order valence-electron chi connectivity index (χ2n) is 7.88. The van der Waals surface area contributed by atoms with E-state index in [1.165, 1.54) is 6.92 Å². The standard InChI is InChI=1S/C20H27N3O5S/c1-12(17(25)21-19(27)22-20(2,3)4)28-18(26)13-9-16(24)23(11-13)14-7-6-8-15(10-14)29-5/h6-8,10,12-13H,9,11H2,1-5H3,(H2,21,22,25,27)/t12-,13+/m0/s1. The number of ether oxygens (including phenoxy) is 1. The third-order valence-corrected chi connectivity index (χ3v) is 4.94. The van der Waals surface area contributed by atoms with Gasteiger partial charge in [-0.15, -0.1) is 11.8 Å². The van der Waals surface area contributed by atoms with Crippen molar-refractivity contribution in [1.82, 2.24) is 10.6 Å². The fraction of sp³-hybridized carbons (Fsp3) is 0.500. The van der Waals surface area contributed by atoms with E-state index in [0.29, 0.717) is 0 Å². The summed E-state index contributed by atoms with van der Waals surface area (Å²) < 4.78 is 5.19. The van der Waals surface area contributed by atoms with E-state index in [9.17, 15) is 19.2 Å². The van der Waals surface area contributed by atoms with Crippen LogP contribution in [0.1, 0.15) is 34.1 Å². The zero-order chi connectivity index (χ0) is 21.8. The zero-order valence-electron chi connectivity index (χ0n) is 17.3. The molecule has 29 heavy (non-hydrogen) atoms. The highest BCUT2D eigenvalue weighted by Gasteiger charge is 2.37. The summed E-state index contributed by atoms with van der Waals surface area (Å²) in [5.41, 5.74) is 0.215. The van der Waals surface area contributed by atoms with E-state index in [1.807, 2.05) is 30.5 Å². The first-order chi connectivity index (χ1) is 13.5. The lowest BCUT2D eigenvalue weighted by molar-refractivity contribution is -0.158. The Morgan fingerprint density at radius 3 is 2.59 bits per heavy atom. The largest absolute Gasteiger partial charge is 0.452 e. The van der Waals surface area contributed by atoms with Gasteiger partial charge in [-0.05, 0) is 52.1 Å². The number of hydrogen-bond donors (Lipinski definition) is 2. The van der Waals surface area contributed by atoms with Crippen LogP contribution in [0.15, 0.2) is 29.2 Å². The second-order valence-corrected chi connectivity index (χ2v) is 8.76. The molecule has 0 aliphatic carbocycles. The number of imide groups is 1. The van der Waals surface area contributed by atoms with Gasteiger partial charge in [0.2, 0.25) is 5.91 Å². The quantitative estimate of drug-likeness (QED) is 0.558. The van der Waals surface area contributed by atoms with Crippen molar-refractivity contribution in [3.63, 3.8) is 0 Å². The number of nitrogens with zero attached hydrogens (tertiary/aromatic N) is 1. The van der Waals surface area contributed by atoms with E-state index in [-0.39, 0.29) is 18.9 Å². The fourth-order valence-corrected chi connectivity index (χ4v) is 3.26. The van der Waals surface area contributed by atoms with Crippen molar-refractivity contribution in [3.05, 3.63) is 24.3 Å². The van der Waals surface area contributed by atoms with Gasteiger partial charge in [0.25, 0.3) is 5.91 Å². The molecule has 0 radical (unpaired) electrons. The van der Waals surface area contributed by atoms with Crippen molar-refractivity contribution in [2.45, 2.75) is 50.7 Å². The van der Waals surface area contributed by atoms with E-state index in [0.717, 1.165) is 10.6 Å². The molecule has 1 aromatic rings. The maximum atomic E-state index is 12.4. The van der Waals surface area contributed by atoms with E-state index in [1.54, 1.807) is 37.4 Å². The molecule has 4 amide bonds. The van der Waals surface area contributed by atoms with Gasteiger partial charge >= 0.3 is 12.0 Å². The zero-order valence-corrected chi connectivity index (χ0v) is 18.1. The summed E-state index contributed by atoms with van der Waals surface area (Å²) in [6.07, 6.45) is 0.803. The van der Waals surface area contributed by atoms with Crippen LogP contribution in [0.2, 0.25) is 0 Å². The monoisotopic (exact) mass is 421 g/mol. The molecule has 1 aliphatic heterocycles. The summed E-state index contributed by atoms with van der Waals surface area (Å²) in [6.45, 7) is 6.90. The molecule has 158 valence electrons. The maximum absolute atomic E-state index is 12.4. The second kappa shape index (κ2) is 9.30. The first kappa shape index (κ1) is 22.7. The topological polar surface area (TPSA) is 105 Å². The molecule has 2 atom stereocenters. The lowest BCUT2D eigenvalue weighted by atomic mass is 10.1. The van der Waals surface area contributed by atoms with Crippen molar-refractivity contribution < 1.29 is 23.9 Å². The summed E-state index contributed by atoms with van der Waals surface area (Å²) in [5.74, 6) is -2.21. The van der Waals surface area contributed by atoms with Crippen molar-refractivity contribution >= 4 is 41.3 Å². The molecule has 0 bridgehead atoms. The van der Waals surface area contributed by atoms with Gasteiger partial charge in [-0.2, -0.15) is 0 Å². The van der Waals surface area contributed by atoms with Gasteiger partial charge in [-0.25, -0.2) is 4.79 Å². The average Bonchev–Trinajstić information content (AvgIpc) is 3.01. The lowest BCUT2D eigenvalue weighted by Crippen LogP contribution is -2.50.